The third kappa shape index (κ3) is 4.16. The highest BCUT2D eigenvalue weighted by Gasteiger charge is 2.13. The molecular formula is C16H17FN2O. The van der Waals surface area contributed by atoms with Crippen LogP contribution in [-0.4, -0.2) is 10.9 Å². The number of hydrogen-bond acceptors (Lipinski definition) is 2. The lowest BCUT2D eigenvalue weighted by atomic mass is 10.0. The number of nitrogens with zero attached hydrogens (tertiary/aromatic N) is 1. The van der Waals surface area contributed by atoms with Crippen LogP contribution in [0.15, 0.2) is 48.7 Å². The third-order valence-electron chi connectivity index (χ3n) is 3.07. The molecule has 0 radical (unpaired) electrons. The average Bonchev–Trinajstić information content (AvgIpc) is 2.48. The third-order valence-corrected chi connectivity index (χ3v) is 3.07. The first-order chi connectivity index (χ1) is 9.65. The zero-order valence-electron chi connectivity index (χ0n) is 11.3. The van der Waals surface area contributed by atoms with Crippen molar-refractivity contribution >= 4 is 5.91 Å². The minimum Gasteiger partial charge on any atom is -0.350 e. The van der Waals surface area contributed by atoms with Crippen LogP contribution in [0.2, 0.25) is 0 Å². The summed E-state index contributed by atoms with van der Waals surface area (Å²) in [6.45, 7) is 2.28. The standard InChI is InChI=1S/C16H17FN2O/c1-12(10-13-5-7-14(17)8-6-13)16(20)19-11-15-4-2-3-9-18-15/h2-9,12H,10-11H2,1H3,(H,19,20). The van der Waals surface area contributed by atoms with E-state index < -0.39 is 0 Å². The molecule has 1 unspecified atom stereocenters. The van der Waals surface area contributed by atoms with Gasteiger partial charge in [-0.15, -0.1) is 0 Å². The lowest BCUT2D eigenvalue weighted by molar-refractivity contribution is -0.124. The fourth-order valence-electron chi connectivity index (χ4n) is 1.92. The van der Waals surface area contributed by atoms with Gasteiger partial charge >= 0.3 is 0 Å². The molecule has 1 aromatic heterocycles. The number of carbonyl (C=O) groups excluding carboxylic acids is 1. The van der Waals surface area contributed by atoms with E-state index in [9.17, 15) is 9.18 Å². The molecule has 2 aromatic rings. The summed E-state index contributed by atoms with van der Waals surface area (Å²) in [5, 5.41) is 2.85. The molecule has 1 aromatic carbocycles. The summed E-state index contributed by atoms with van der Waals surface area (Å²) in [6, 6.07) is 11.8. The first-order valence-electron chi connectivity index (χ1n) is 6.57. The Balaban J connectivity index is 1.84. The van der Waals surface area contributed by atoms with E-state index in [1.54, 1.807) is 18.3 Å². The topological polar surface area (TPSA) is 42.0 Å². The second-order valence-corrected chi connectivity index (χ2v) is 4.77. The van der Waals surface area contributed by atoms with Gasteiger partial charge in [0.2, 0.25) is 5.91 Å². The summed E-state index contributed by atoms with van der Waals surface area (Å²) in [6.07, 6.45) is 2.29. The number of carbonyl (C=O) groups is 1. The predicted molar refractivity (Wildman–Crippen MR) is 75.4 cm³/mol. The second kappa shape index (κ2) is 6.80. The number of halogens is 1. The summed E-state index contributed by atoms with van der Waals surface area (Å²) in [5.74, 6) is -0.454. The molecule has 0 fully saturated rings. The molecule has 3 nitrogen and oxygen atoms in total. The molecule has 0 aliphatic rings. The van der Waals surface area contributed by atoms with Gasteiger partial charge in [0.1, 0.15) is 5.82 Å². The highest BCUT2D eigenvalue weighted by molar-refractivity contribution is 5.78. The molecule has 0 bridgehead atoms. The van der Waals surface area contributed by atoms with E-state index in [2.05, 4.69) is 10.3 Å². The quantitative estimate of drug-likeness (QED) is 0.909. The van der Waals surface area contributed by atoms with Crippen molar-refractivity contribution < 1.29 is 9.18 Å². The maximum absolute atomic E-state index is 12.8. The fourth-order valence-corrected chi connectivity index (χ4v) is 1.92. The molecule has 104 valence electrons. The van der Waals surface area contributed by atoms with Crippen LogP contribution in [0.4, 0.5) is 4.39 Å². The molecule has 1 amide bonds. The van der Waals surface area contributed by atoms with Crippen molar-refractivity contribution in [2.75, 3.05) is 0 Å². The molecule has 0 saturated heterocycles. The van der Waals surface area contributed by atoms with Gasteiger partial charge in [-0.1, -0.05) is 25.1 Å². The van der Waals surface area contributed by atoms with Crippen molar-refractivity contribution in [2.45, 2.75) is 19.9 Å². The summed E-state index contributed by atoms with van der Waals surface area (Å²) >= 11 is 0. The van der Waals surface area contributed by atoms with Crippen molar-refractivity contribution in [1.29, 1.82) is 0 Å². The molecule has 0 spiro atoms. The Bertz CT molecular complexity index is 554. The molecule has 2 rings (SSSR count). The number of nitrogens with one attached hydrogen (secondary N) is 1. The van der Waals surface area contributed by atoms with Gasteiger partial charge in [-0.3, -0.25) is 9.78 Å². The van der Waals surface area contributed by atoms with Gasteiger partial charge in [-0.2, -0.15) is 0 Å². The lowest BCUT2D eigenvalue weighted by Gasteiger charge is -2.12. The zero-order chi connectivity index (χ0) is 14.4. The van der Waals surface area contributed by atoms with Crippen LogP contribution in [0.25, 0.3) is 0 Å². The molecule has 4 heteroatoms. The van der Waals surface area contributed by atoms with Crippen molar-refractivity contribution in [1.82, 2.24) is 10.3 Å². The Labute approximate surface area is 117 Å². The number of pyridine rings is 1. The Hall–Kier alpha value is -2.23. The summed E-state index contributed by atoms with van der Waals surface area (Å²) in [7, 11) is 0. The fraction of sp³-hybridized carbons (Fsp3) is 0.250. The van der Waals surface area contributed by atoms with E-state index in [4.69, 9.17) is 0 Å². The summed E-state index contributed by atoms with van der Waals surface area (Å²) in [5.41, 5.74) is 1.78. The zero-order valence-corrected chi connectivity index (χ0v) is 11.3. The number of rotatable bonds is 5. The van der Waals surface area contributed by atoms with Crippen LogP contribution < -0.4 is 5.32 Å². The lowest BCUT2D eigenvalue weighted by Crippen LogP contribution is -2.30. The monoisotopic (exact) mass is 272 g/mol. The van der Waals surface area contributed by atoms with Gasteiger partial charge in [0, 0.05) is 12.1 Å². The second-order valence-electron chi connectivity index (χ2n) is 4.77. The largest absolute Gasteiger partial charge is 0.350 e. The van der Waals surface area contributed by atoms with Crippen LogP contribution in [0.1, 0.15) is 18.2 Å². The molecular weight excluding hydrogens is 255 g/mol. The summed E-state index contributed by atoms with van der Waals surface area (Å²) in [4.78, 5) is 16.1. The van der Waals surface area contributed by atoms with E-state index in [1.807, 2.05) is 25.1 Å². The SMILES string of the molecule is CC(Cc1ccc(F)cc1)C(=O)NCc1ccccn1. The maximum atomic E-state index is 12.8. The van der Waals surface area contributed by atoms with E-state index in [-0.39, 0.29) is 17.6 Å². The van der Waals surface area contributed by atoms with Crippen molar-refractivity contribution in [3.63, 3.8) is 0 Å². The van der Waals surface area contributed by atoms with Crippen LogP contribution in [0.3, 0.4) is 0 Å². The van der Waals surface area contributed by atoms with Crippen LogP contribution in [0, 0.1) is 11.7 Å². The Morgan fingerprint density at radius 2 is 2.00 bits per heavy atom. The van der Waals surface area contributed by atoms with Gasteiger partial charge in [0.15, 0.2) is 0 Å². The molecule has 0 saturated carbocycles. The van der Waals surface area contributed by atoms with Crippen molar-refractivity contribution in [3.05, 3.63) is 65.7 Å². The van der Waals surface area contributed by atoms with E-state index in [1.165, 1.54) is 12.1 Å². The first kappa shape index (κ1) is 14.2. The van der Waals surface area contributed by atoms with Crippen LogP contribution in [-0.2, 0) is 17.8 Å². The number of hydrogen-bond donors (Lipinski definition) is 1. The molecule has 1 atom stereocenters. The first-order valence-corrected chi connectivity index (χ1v) is 6.57. The van der Waals surface area contributed by atoms with Crippen molar-refractivity contribution in [2.24, 2.45) is 5.92 Å². The highest BCUT2D eigenvalue weighted by Crippen LogP contribution is 2.10. The van der Waals surface area contributed by atoms with Crippen molar-refractivity contribution in [3.8, 4) is 0 Å². The van der Waals surface area contributed by atoms with Gasteiger partial charge in [-0.25, -0.2) is 4.39 Å². The molecule has 20 heavy (non-hydrogen) atoms. The van der Waals surface area contributed by atoms with Gasteiger partial charge < -0.3 is 5.32 Å². The van der Waals surface area contributed by atoms with E-state index in [0.717, 1.165) is 11.3 Å². The highest BCUT2D eigenvalue weighted by atomic mass is 19.1. The van der Waals surface area contributed by atoms with Crippen LogP contribution >= 0.6 is 0 Å². The minimum absolute atomic E-state index is 0.0278. The summed E-state index contributed by atoms with van der Waals surface area (Å²) < 4.78 is 12.8. The molecule has 1 heterocycles. The molecule has 0 aliphatic heterocycles. The minimum atomic E-state index is -0.263. The van der Waals surface area contributed by atoms with E-state index >= 15 is 0 Å². The predicted octanol–water partition coefficient (Wildman–Crippen LogP) is 2.72. The number of aromatic nitrogens is 1. The normalized spacial score (nSPS) is 11.9. The Kier molecular flexibility index (Phi) is 4.82. The average molecular weight is 272 g/mol. The maximum Gasteiger partial charge on any atom is 0.223 e. The smallest absolute Gasteiger partial charge is 0.223 e. The number of amides is 1. The number of benzene rings is 1. The van der Waals surface area contributed by atoms with Gasteiger partial charge in [0.05, 0.1) is 12.2 Å². The molecule has 1 N–H and O–H groups in total. The Morgan fingerprint density at radius 3 is 2.65 bits per heavy atom. The van der Waals surface area contributed by atoms with E-state index in [0.29, 0.717) is 13.0 Å². The molecule has 0 aliphatic carbocycles. The van der Waals surface area contributed by atoms with Gasteiger partial charge in [-0.05, 0) is 36.2 Å². The van der Waals surface area contributed by atoms with Gasteiger partial charge in [0.25, 0.3) is 0 Å². The van der Waals surface area contributed by atoms with Crippen LogP contribution in [0.5, 0.6) is 0 Å². The Morgan fingerprint density at radius 1 is 1.25 bits per heavy atom.